The van der Waals surface area contributed by atoms with Crippen LogP contribution in [0.3, 0.4) is 0 Å². The first kappa shape index (κ1) is 16.8. The molecule has 0 N–H and O–H groups in total. The van der Waals surface area contributed by atoms with Crippen LogP contribution in [0.15, 0.2) is 30.7 Å². The molecular formula is C19H26N4O. The largest absolute Gasteiger partial charge is 0.348 e. The van der Waals surface area contributed by atoms with E-state index in [-0.39, 0.29) is 5.91 Å². The third-order valence-electron chi connectivity index (χ3n) is 4.94. The number of hydrogen-bond donors (Lipinski definition) is 0. The maximum absolute atomic E-state index is 11.9. The number of likely N-dealkylation sites (N-methyl/N-ethyl adjacent to an activating group) is 1. The normalized spacial score (nSPS) is 19.2. The fraction of sp³-hybridized carbons (Fsp3) is 0.526. The van der Waals surface area contributed by atoms with E-state index in [1.165, 1.54) is 17.4 Å². The Morgan fingerprint density at radius 1 is 1.25 bits per heavy atom. The molecule has 0 radical (unpaired) electrons. The molecule has 0 unspecified atom stereocenters. The number of amides is 1. The lowest BCUT2D eigenvalue weighted by atomic mass is 9.92. The van der Waals surface area contributed by atoms with E-state index in [0.717, 1.165) is 37.9 Å². The molecule has 2 aromatic rings. The molecule has 24 heavy (non-hydrogen) atoms. The second-order valence-electron chi connectivity index (χ2n) is 6.93. The SMILES string of the molecule is CN(C)C(=O)CN1CCC[C@@H](Cc2ccnc3ccncc23)CC1. The van der Waals surface area contributed by atoms with Gasteiger partial charge in [0, 0.05) is 38.1 Å². The zero-order chi connectivity index (χ0) is 16.9. The first-order chi connectivity index (χ1) is 11.6. The van der Waals surface area contributed by atoms with Crippen molar-refractivity contribution >= 4 is 16.8 Å². The van der Waals surface area contributed by atoms with Crippen molar-refractivity contribution in [1.82, 2.24) is 19.8 Å². The molecule has 0 bridgehead atoms. The molecular weight excluding hydrogens is 300 g/mol. The molecule has 1 amide bonds. The molecule has 128 valence electrons. The van der Waals surface area contributed by atoms with Crippen molar-refractivity contribution < 1.29 is 4.79 Å². The van der Waals surface area contributed by atoms with E-state index in [4.69, 9.17) is 0 Å². The summed E-state index contributed by atoms with van der Waals surface area (Å²) in [5.41, 5.74) is 2.37. The van der Waals surface area contributed by atoms with Crippen LogP contribution in [0.1, 0.15) is 24.8 Å². The molecule has 0 spiro atoms. The lowest BCUT2D eigenvalue weighted by Crippen LogP contribution is -2.37. The summed E-state index contributed by atoms with van der Waals surface area (Å²) in [6.07, 6.45) is 10.2. The molecule has 2 aromatic heterocycles. The van der Waals surface area contributed by atoms with Crippen molar-refractivity contribution in [3.63, 3.8) is 0 Å². The molecule has 0 aromatic carbocycles. The highest BCUT2D eigenvalue weighted by molar-refractivity contribution is 5.80. The molecule has 5 heteroatoms. The number of fused-ring (bicyclic) bond motifs is 1. The van der Waals surface area contributed by atoms with E-state index in [1.54, 1.807) is 11.1 Å². The number of pyridine rings is 2. The minimum absolute atomic E-state index is 0.194. The second kappa shape index (κ2) is 7.71. The van der Waals surface area contributed by atoms with E-state index < -0.39 is 0 Å². The van der Waals surface area contributed by atoms with Gasteiger partial charge in [0.15, 0.2) is 0 Å². The van der Waals surface area contributed by atoms with Gasteiger partial charge in [0.2, 0.25) is 5.91 Å². The van der Waals surface area contributed by atoms with E-state index in [9.17, 15) is 4.79 Å². The summed E-state index contributed by atoms with van der Waals surface area (Å²) in [5.74, 6) is 0.856. The van der Waals surface area contributed by atoms with Crippen LogP contribution in [-0.4, -0.2) is 59.4 Å². The molecule has 0 saturated carbocycles. The van der Waals surface area contributed by atoms with Crippen molar-refractivity contribution in [3.8, 4) is 0 Å². The van der Waals surface area contributed by atoms with Crippen molar-refractivity contribution in [2.45, 2.75) is 25.7 Å². The summed E-state index contributed by atoms with van der Waals surface area (Å²) < 4.78 is 0. The summed E-state index contributed by atoms with van der Waals surface area (Å²) >= 11 is 0. The number of rotatable bonds is 4. The average Bonchev–Trinajstić information content (AvgIpc) is 2.80. The Balaban J connectivity index is 1.63. The topological polar surface area (TPSA) is 49.3 Å². The van der Waals surface area contributed by atoms with Crippen LogP contribution in [0.25, 0.3) is 10.9 Å². The monoisotopic (exact) mass is 326 g/mol. The standard InChI is InChI=1S/C19H26N4O/c1-22(2)19(24)14-23-10-3-4-15(7-11-23)12-16-5-9-21-18-6-8-20-13-17(16)18/h5-6,8-9,13,15H,3-4,7,10-12,14H2,1-2H3/t15-/m1/s1. The summed E-state index contributed by atoms with van der Waals surface area (Å²) in [5, 5.41) is 1.17. The molecule has 5 nitrogen and oxygen atoms in total. The lowest BCUT2D eigenvalue weighted by molar-refractivity contribution is -0.129. The zero-order valence-corrected chi connectivity index (χ0v) is 14.6. The fourth-order valence-electron chi connectivity index (χ4n) is 3.45. The number of hydrogen-bond acceptors (Lipinski definition) is 4. The Labute approximate surface area is 143 Å². The molecule has 3 rings (SSSR count). The maximum atomic E-state index is 11.9. The highest BCUT2D eigenvalue weighted by atomic mass is 16.2. The van der Waals surface area contributed by atoms with Gasteiger partial charge in [-0.2, -0.15) is 0 Å². The Kier molecular flexibility index (Phi) is 5.41. The third-order valence-corrected chi connectivity index (χ3v) is 4.94. The van der Waals surface area contributed by atoms with Gasteiger partial charge in [0.05, 0.1) is 12.1 Å². The van der Waals surface area contributed by atoms with Gasteiger partial charge in [-0.05, 0) is 62.4 Å². The van der Waals surface area contributed by atoms with Crippen molar-refractivity contribution in [2.75, 3.05) is 33.7 Å². The Bertz CT molecular complexity index is 695. The predicted octanol–water partition coefficient (Wildman–Crippen LogP) is 2.36. The van der Waals surface area contributed by atoms with Crippen LogP contribution in [-0.2, 0) is 11.2 Å². The van der Waals surface area contributed by atoms with Crippen molar-refractivity contribution in [1.29, 1.82) is 0 Å². The van der Waals surface area contributed by atoms with Gasteiger partial charge in [-0.15, -0.1) is 0 Å². The molecule has 1 saturated heterocycles. The smallest absolute Gasteiger partial charge is 0.236 e. The number of carbonyl (C=O) groups excluding carboxylic acids is 1. The fourth-order valence-corrected chi connectivity index (χ4v) is 3.45. The summed E-state index contributed by atoms with van der Waals surface area (Å²) in [4.78, 5) is 24.6. The van der Waals surface area contributed by atoms with E-state index in [2.05, 4.69) is 20.9 Å². The van der Waals surface area contributed by atoms with Crippen LogP contribution in [0.2, 0.25) is 0 Å². The van der Waals surface area contributed by atoms with E-state index >= 15 is 0 Å². The van der Waals surface area contributed by atoms with E-state index in [0.29, 0.717) is 12.5 Å². The average molecular weight is 326 g/mol. The molecule has 1 fully saturated rings. The van der Waals surface area contributed by atoms with Crippen molar-refractivity contribution in [3.05, 3.63) is 36.3 Å². The minimum atomic E-state index is 0.194. The van der Waals surface area contributed by atoms with E-state index in [1.807, 2.05) is 32.6 Å². The zero-order valence-electron chi connectivity index (χ0n) is 14.6. The van der Waals surface area contributed by atoms with Gasteiger partial charge in [-0.25, -0.2) is 0 Å². The lowest BCUT2D eigenvalue weighted by Gasteiger charge is -2.21. The highest BCUT2D eigenvalue weighted by Gasteiger charge is 2.20. The molecule has 1 aliphatic rings. The molecule has 1 atom stereocenters. The van der Waals surface area contributed by atoms with Crippen LogP contribution >= 0.6 is 0 Å². The predicted molar refractivity (Wildman–Crippen MR) is 95.7 cm³/mol. The third kappa shape index (κ3) is 4.09. The minimum Gasteiger partial charge on any atom is -0.348 e. The van der Waals surface area contributed by atoms with Gasteiger partial charge < -0.3 is 4.90 Å². The van der Waals surface area contributed by atoms with Gasteiger partial charge >= 0.3 is 0 Å². The van der Waals surface area contributed by atoms with Crippen molar-refractivity contribution in [2.24, 2.45) is 5.92 Å². The van der Waals surface area contributed by atoms with Gasteiger partial charge in [-0.1, -0.05) is 0 Å². The Morgan fingerprint density at radius 3 is 2.96 bits per heavy atom. The molecule has 1 aliphatic heterocycles. The van der Waals surface area contributed by atoms with Crippen LogP contribution < -0.4 is 0 Å². The Morgan fingerprint density at radius 2 is 2.12 bits per heavy atom. The Hall–Kier alpha value is -2.01. The van der Waals surface area contributed by atoms with Crippen LogP contribution in [0.4, 0.5) is 0 Å². The van der Waals surface area contributed by atoms with Crippen LogP contribution in [0, 0.1) is 5.92 Å². The number of nitrogens with zero attached hydrogens (tertiary/aromatic N) is 4. The first-order valence-corrected chi connectivity index (χ1v) is 8.73. The van der Waals surface area contributed by atoms with Gasteiger partial charge in [0.25, 0.3) is 0 Å². The second-order valence-corrected chi connectivity index (χ2v) is 6.93. The summed E-state index contributed by atoms with van der Waals surface area (Å²) in [7, 11) is 3.65. The highest BCUT2D eigenvalue weighted by Crippen LogP contribution is 2.25. The summed E-state index contributed by atoms with van der Waals surface area (Å²) in [6, 6.07) is 4.10. The maximum Gasteiger partial charge on any atom is 0.236 e. The molecule has 3 heterocycles. The number of carbonyl (C=O) groups is 1. The number of aromatic nitrogens is 2. The van der Waals surface area contributed by atoms with Gasteiger partial charge in [0.1, 0.15) is 0 Å². The van der Waals surface area contributed by atoms with Gasteiger partial charge in [-0.3, -0.25) is 19.7 Å². The first-order valence-electron chi connectivity index (χ1n) is 8.73. The summed E-state index contributed by atoms with van der Waals surface area (Å²) in [6.45, 7) is 2.57. The number of likely N-dealkylation sites (tertiary alicyclic amines) is 1. The van der Waals surface area contributed by atoms with Crippen LogP contribution in [0.5, 0.6) is 0 Å². The quantitative estimate of drug-likeness (QED) is 0.865. The molecule has 0 aliphatic carbocycles.